The Hall–Kier alpha value is -5.06. The summed E-state index contributed by atoms with van der Waals surface area (Å²) >= 11 is 2.01. The molecule has 1 aromatic heterocycles. The highest BCUT2D eigenvalue weighted by Gasteiger charge is 2.50. The zero-order valence-electron chi connectivity index (χ0n) is 39.2. The lowest BCUT2D eigenvalue weighted by atomic mass is 9.33. The van der Waals surface area contributed by atoms with E-state index in [1.54, 1.807) is 0 Å². The zero-order valence-corrected chi connectivity index (χ0v) is 40.0. The third kappa shape index (κ3) is 5.54. The highest BCUT2D eigenvalue weighted by atomic mass is 32.1. The van der Waals surface area contributed by atoms with Crippen LogP contribution in [0.4, 0.5) is 33.4 Å². The van der Waals surface area contributed by atoms with E-state index < -0.39 is 0 Å². The third-order valence-corrected chi connectivity index (χ3v) is 16.6. The quantitative estimate of drug-likeness (QED) is 0.160. The minimum Gasteiger partial charge on any atom is -0.311 e. The summed E-state index contributed by atoms with van der Waals surface area (Å²) in [5.41, 5.74) is 23.4. The molecule has 6 aromatic carbocycles. The van der Waals surface area contributed by atoms with Gasteiger partial charge >= 0.3 is 0 Å². The molecule has 0 bridgehead atoms. The van der Waals surface area contributed by atoms with Crippen molar-refractivity contribution < 1.29 is 0 Å². The molecule has 2 aliphatic heterocycles. The van der Waals surface area contributed by atoms with Crippen molar-refractivity contribution in [1.29, 1.82) is 0 Å². The zero-order chi connectivity index (χ0) is 43.6. The average Bonchev–Trinajstić information content (AvgIpc) is 3.70. The van der Waals surface area contributed by atoms with E-state index in [1.807, 2.05) is 11.3 Å². The first kappa shape index (κ1) is 39.8. The lowest BCUT2D eigenvalue weighted by Gasteiger charge is -2.45. The maximum Gasteiger partial charge on any atom is 0.254 e. The molecule has 0 saturated heterocycles. The average molecular weight is 829 g/mol. The van der Waals surface area contributed by atoms with Crippen LogP contribution in [-0.4, -0.2) is 6.71 Å². The molecule has 0 spiro atoms. The number of nitrogens with zero attached hydrogens (tertiary/aromatic N) is 2. The van der Waals surface area contributed by atoms with Gasteiger partial charge in [-0.25, -0.2) is 0 Å². The van der Waals surface area contributed by atoms with Gasteiger partial charge in [-0.2, -0.15) is 0 Å². The van der Waals surface area contributed by atoms with E-state index in [1.165, 1.54) is 123 Å². The van der Waals surface area contributed by atoms with Crippen molar-refractivity contribution in [2.45, 2.75) is 130 Å². The Balaban J connectivity index is 1.27. The fourth-order valence-electron chi connectivity index (χ4n) is 11.8. The molecule has 0 atom stereocenters. The Morgan fingerprint density at radius 1 is 0.565 bits per heavy atom. The van der Waals surface area contributed by atoms with Crippen LogP contribution >= 0.6 is 11.3 Å². The first-order valence-corrected chi connectivity index (χ1v) is 23.8. The second-order valence-electron chi connectivity index (χ2n) is 23.0. The van der Waals surface area contributed by atoms with E-state index >= 15 is 0 Å². The minimum atomic E-state index is -0.200. The molecule has 11 rings (SSSR count). The fourth-order valence-corrected chi connectivity index (χ4v) is 13.1. The second-order valence-corrected chi connectivity index (χ2v) is 24.0. The van der Waals surface area contributed by atoms with Gasteiger partial charge in [0.2, 0.25) is 0 Å². The Bertz CT molecular complexity index is 3020. The highest BCUT2D eigenvalue weighted by Crippen LogP contribution is 2.57. The molecule has 0 amide bonds. The van der Waals surface area contributed by atoms with Crippen molar-refractivity contribution in [3.05, 3.63) is 148 Å². The number of aryl methyl sites for hydroxylation is 1. The van der Waals surface area contributed by atoms with Crippen LogP contribution in [-0.2, 0) is 27.1 Å². The summed E-state index contributed by atoms with van der Waals surface area (Å²) in [5, 5.41) is 2.78. The van der Waals surface area contributed by atoms with E-state index in [2.05, 4.69) is 209 Å². The molecule has 62 heavy (non-hydrogen) atoms. The molecular formula is C58H61BN2S. The van der Waals surface area contributed by atoms with E-state index in [-0.39, 0.29) is 33.8 Å². The summed E-state index contributed by atoms with van der Waals surface area (Å²) in [5.74, 6) is 0. The number of benzene rings is 6. The maximum atomic E-state index is 2.67. The summed E-state index contributed by atoms with van der Waals surface area (Å²) in [6, 6.07) is 43.4. The number of hydrogen-bond donors (Lipinski definition) is 0. The van der Waals surface area contributed by atoms with Crippen molar-refractivity contribution >= 4 is 78.0 Å². The van der Waals surface area contributed by atoms with Crippen LogP contribution in [0.25, 0.3) is 21.2 Å². The monoisotopic (exact) mass is 828 g/mol. The van der Waals surface area contributed by atoms with Gasteiger partial charge in [0, 0.05) is 38.6 Å². The first-order valence-electron chi connectivity index (χ1n) is 23.0. The van der Waals surface area contributed by atoms with Crippen LogP contribution in [0.5, 0.6) is 0 Å². The van der Waals surface area contributed by atoms with E-state index in [0.717, 1.165) is 0 Å². The van der Waals surface area contributed by atoms with Gasteiger partial charge in [-0.1, -0.05) is 144 Å². The van der Waals surface area contributed by atoms with Crippen LogP contribution in [0, 0.1) is 6.92 Å². The van der Waals surface area contributed by atoms with Crippen molar-refractivity contribution in [3.63, 3.8) is 0 Å². The van der Waals surface area contributed by atoms with Gasteiger partial charge < -0.3 is 9.80 Å². The van der Waals surface area contributed by atoms with Gasteiger partial charge in [-0.05, 0) is 162 Å². The Morgan fingerprint density at radius 2 is 1.11 bits per heavy atom. The molecule has 0 saturated carbocycles. The van der Waals surface area contributed by atoms with Crippen molar-refractivity contribution in [1.82, 2.24) is 0 Å². The molecule has 4 aliphatic rings. The van der Waals surface area contributed by atoms with Gasteiger partial charge in [-0.3, -0.25) is 0 Å². The molecule has 2 nitrogen and oxygen atoms in total. The van der Waals surface area contributed by atoms with E-state index in [4.69, 9.17) is 0 Å². The Kier molecular flexibility index (Phi) is 8.20. The number of anilines is 6. The summed E-state index contributed by atoms with van der Waals surface area (Å²) in [6.07, 6.45) is 2.40. The normalized spacial score (nSPS) is 17.6. The summed E-state index contributed by atoms with van der Waals surface area (Å²) in [4.78, 5) is 5.31. The fraction of sp³-hybridized carbons (Fsp3) is 0.345. The predicted octanol–water partition coefficient (Wildman–Crippen LogP) is 14.5. The largest absolute Gasteiger partial charge is 0.311 e. The van der Waals surface area contributed by atoms with E-state index in [0.29, 0.717) is 0 Å². The molecule has 7 aromatic rings. The summed E-state index contributed by atoms with van der Waals surface area (Å²) in [6.45, 7) is 31.1. The molecule has 0 fully saturated rings. The smallest absolute Gasteiger partial charge is 0.254 e. The van der Waals surface area contributed by atoms with Gasteiger partial charge in [0.1, 0.15) is 0 Å². The molecule has 4 heteroatoms. The molecular weight excluding hydrogens is 768 g/mol. The van der Waals surface area contributed by atoms with Crippen LogP contribution in [0.15, 0.2) is 109 Å². The SMILES string of the molecule is Cc1cc2c3c(c1)N(c1ccc(C(C)(C)C)cc1)c1c(ccc4c1C(C)(C)c1ccccc1-4)B3c1c(sc3cc4c(cc13)C(C)(C)CCC4(C)C)N2c1ccc(C(C)(C)C)cc1. The van der Waals surface area contributed by atoms with Crippen LogP contribution in [0.1, 0.15) is 135 Å². The lowest BCUT2D eigenvalue weighted by molar-refractivity contribution is 0.332. The molecule has 2 aliphatic carbocycles. The summed E-state index contributed by atoms with van der Waals surface area (Å²) in [7, 11) is 0. The minimum absolute atomic E-state index is 0.0529. The molecule has 0 radical (unpaired) electrons. The van der Waals surface area contributed by atoms with E-state index in [9.17, 15) is 0 Å². The lowest BCUT2D eigenvalue weighted by Crippen LogP contribution is -2.61. The number of fused-ring (bicyclic) bond motifs is 11. The van der Waals surface area contributed by atoms with Crippen LogP contribution < -0.4 is 26.2 Å². The van der Waals surface area contributed by atoms with Gasteiger partial charge in [-0.15, -0.1) is 11.3 Å². The Labute approximate surface area is 375 Å². The standard InChI is InChI=1S/C58H61BN2S/c1-34-30-46-51-47(31-34)61(38-24-20-36(21-25-38)55(5,6)7)53-50(41-32-43-44(33-48(41)62-53)57(10,11)29-28-56(43,8)9)59(51)45-27-26-40-39-16-14-15-17-42(39)58(12,13)49(40)52(45)60(46)37-22-18-35(19-23-37)54(2,3)4/h14-27,30-33H,28-29H2,1-13H3. The Morgan fingerprint density at radius 3 is 1.71 bits per heavy atom. The second kappa shape index (κ2) is 12.8. The third-order valence-electron chi connectivity index (χ3n) is 15.5. The first-order chi connectivity index (χ1) is 29.2. The van der Waals surface area contributed by atoms with Crippen molar-refractivity contribution in [2.24, 2.45) is 0 Å². The van der Waals surface area contributed by atoms with Gasteiger partial charge in [0.05, 0.1) is 5.00 Å². The molecule has 3 heterocycles. The maximum absolute atomic E-state index is 2.67. The van der Waals surface area contributed by atoms with Gasteiger partial charge in [0.25, 0.3) is 6.71 Å². The number of rotatable bonds is 2. The van der Waals surface area contributed by atoms with Crippen LogP contribution in [0.3, 0.4) is 0 Å². The van der Waals surface area contributed by atoms with Gasteiger partial charge in [0.15, 0.2) is 0 Å². The van der Waals surface area contributed by atoms with Crippen molar-refractivity contribution in [2.75, 3.05) is 9.80 Å². The highest BCUT2D eigenvalue weighted by molar-refractivity contribution is 7.26. The number of hydrogen-bond acceptors (Lipinski definition) is 3. The molecule has 312 valence electrons. The molecule has 0 N–H and O–H groups in total. The van der Waals surface area contributed by atoms with Crippen LogP contribution in [0.2, 0.25) is 0 Å². The predicted molar refractivity (Wildman–Crippen MR) is 271 cm³/mol. The molecule has 0 unspecified atom stereocenters. The topological polar surface area (TPSA) is 6.48 Å². The summed E-state index contributed by atoms with van der Waals surface area (Å²) < 4.78 is 1.40. The number of thiophene rings is 1. The van der Waals surface area contributed by atoms with Crippen molar-refractivity contribution in [3.8, 4) is 11.1 Å².